The molecule has 0 aliphatic carbocycles. The van der Waals surface area contributed by atoms with Crippen LogP contribution in [0.2, 0.25) is 39.3 Å². The molecule has 1 rings (SSSR count). The molecule has 0 aliphatic heterocycles. The van der Waals surface area contributed by atoms with Crippen molar-refractivity contribution in [2.45, 2.75) is 39.3 Å². The minimum Gasteiger partial charge on any atom is -0.544 e. The summed E-state index contributed by atoms with van der Waals surface area (Å²) in [5.41, 5.74) is 0.905. The molecule has 0 amide bonds. The molecule has 0 aliphatic rings. The summed E-state index contributed by atoms with van der Waals surface area (Å²) in [5, 5.41) is 0. The SMILES string of the molecule is C[Si](C)(C)OC(=O)/C=C(\O[Si](C)(C)C)c1ccccc1. The fraction of sp³-hybridized carbons (Fsp3) is 0.400. The molecule has 0 radical (unpaired) electrons. The topological polar surface area (TPSA) is 35.5 Å². The second kappa shape index (κ2) is 6.41. The van der Waals surface area contributed by atoms with E-state index in [2.05, 4.69) is 19.6 Å². The Morgan fingerprint density at radius 2 is 1.40 bits per heavy atom. The number of rotatable bonds is 5. The summed E-state index contributed by atoms with van der Waals surface area (Å²) < 4.78 is 11.5. The van der Waals surface area contributed by atoms with Gasteiger partial charge in [-0.1, -0.05) is 30.3 Å². The predicted molar refractivity (Wildman–Crippen MR) is 88.3 cm³/mol. The fourth-order valence-electron chi connectivity index (χ4n) is 1.54. The molecule has 0 fully saturated rings. The quantitative estimate of drug-likeness (QED) is 0.463. The molecular formula is C15H24O3Si2. The summed E-state index contributed by atoms with van der Waals surface area (Å²) in [6.45, 7) is 12.2. The lowest BCUT2D eigenvalue weighted by Gasteiger charge is -2.22. The van der Waals surface area contributed by atoms with E-state index in [0.29, 0.717) is 5.76 Å². The van der Waals surface area contributed by atoms with Gasteiger partial charge in [0, 0.05) is 5.56 Å². The van der Waals surface area contributed by atoms with Gasteiger partial charge in [-0.25, -0.2) is 4.79 Å². The van der Waals surface area contributed by atoms with Gasteiger partial charge in [0.1, 0.15) is 5.76 Å². The summed E-state index contributed by atoms with van der Waals surface area (Å²) in [7, 11) is -3.68. The van der Waals surface area contributed by atoms with E-state index < -0.39 is 16.6 Å². The second-order valence-corrected chi connectivity index (χ2v) is 15.5. The molecule has 0 spiro atoms. The molecule has 3 nitrogen and oxygen atoms in total. The molecular weight excluding hydrogens is 284 g/mol. The lowest BCUT2D eigenvalue weighted by molar-refractivity contribution is -0.129. The summed E-state index contributed by atoms with van der Waals surface area (Å²) in [4.78, 5) is 12.0. The highest BCUT2D eigenvalue weighted by atomic mass is 28.4. The number of hydrogen-bond acceptors (Lipinski definition) is 3. The Morgan fingerprint density at radius 3 is 1.85 bits per heavy atom. The Morgan fingerprint density at radius 1 is 0.900 bits per heavy atom. The van der Waals surface area contributed by atoms with E-state index >= 15 is 0 Å². The van der Waals surface area contributed by atoms with Gasteiger partial charge in [0.15, 0.2) is 0 Å². The van der Waals surface area contributed by atoms with Crippen LogP contribution in [-0.4, -0.2) is 22.6 Å². The molecule has 0 heterocycles. The Labute approximate surface area is 123 Å². The first-order valence-corrected chi connectivity index (χ1v) is 13.6. The van der Waals surface area contributed by atoms with Crippen LogP contribution in [0.25, 0.3) is 5.76 Å². The van der Waals surface area contributed by atoms with Gasteiger partial charge < -0.3 is 8.85 Å². The van der Waals surface area contributed by atoms with Crippen molar-refractivity contribution in [3.8, 4) is 0 Å². The van der Waals surface area contributed by atoms with Crippen molar-refractivity contribution in [2.24, 2.45) is 0 Å². The zero-order chi connectivity index (χ0) is 15.4. The van der Waals surface area contributed by atoms with Crippen molar-refractivity contribution in [1.82, 2.24) is 0 Å². The highest BCUT2D eigenvalue weighted by Gasteiger charge is 2.22. The first kappa shape index (κ1) is 16.7. The average molecular weight is 309 g/mol. The van der Waals surface area contributed by atoms with Gasteiger partial charge in [-0.05, 0) is 39.3 Å². The van der Waals surface area contributed by atoms with Gasteiger partial charge in [0.2, 0.25) is 16.6 Å². The van der Waals surface area contributed by atoms with Crippen LogP contribution >= 0.6 is 0 Å². The third kappa shape index (κ3) is 6.72. The van der Waals surface area contributed by atoms with E-state index in [0.717, 1.165) is 5.56 Å². The molecule has 0 bridgehead atoms. The number of hydrogen-bond donors (Lipinski definition) is 0. The lowest BCUT2D eigenvalue weighted by Crippen LogP contribution is -2.29. The highest BCUT2D eigenvalue weighted by Crippen LogP contribution is 2.21. The maximum absolute atomic E-state index is 12.0. The van der Waals surface area contributed by atoms with E-state index in [-0.39, 0.29) is 5.97 Å². The second-order valence-electron chi connectivity index (χ2n) is 6.62. The molecule has 1 aromatic rings. The van der Waals surface area contributed by atoms with E-state index in [9.17, 15) is 4.79 Å². The third-order valence-corrected chi connectivity index (χ3v) is 3.78. The van der Waals surface area contributed by atoms with Crippen molar-refractivity contribution >= 4 is 28.4 Å². The van der Waals surface area contributed by atoms with Crippen molar-refractivity contribution in [3.05, 3.63) is 42.0 Å². The molecule has 1 aromatic carbocycles. The minimum atomic E-state index is -1.89. The maximum Gasteiger partial charge on any atom is 0.321 e. The van der Waals surface area contributed by atoms with Crippen LogP contribution in [0.1, 0.15) is 5.56 Å². The van der Waals surface area contributed by atoms with Gasteiger partial charge in [-0.3, -0.25) is 0 Å². The van der Waals surface area contributed by atoms with Crippen LogP contribution in [0, 0.1) is 0 Å². The van der Waals surface area contributed by atoms with Crippen LogP contribution in [0.3, 0.4) is 0 Å². The number of carbonyl (C=O) groups is 1. The summed E-state index contributed by atoms with van der Waals surface area (Å²) in [6.07, 6.45) is 1.48. The largest absolute Gasteiger partial charge is 0.544 e. The molecule has 0 unspecified atom stereocenters. The van der Waals surface area contributed by atoms with Crippen LogP contribution in [0.15, 0.2) is 36.4 Å². The van der Waals surface area contributed by atoms with Crippen LogP contribution in [0.5, 0.6) is 0 Å². The van der Waals surface area contributed by atoms with Crippen molar-refractivity contribution in [1.29, 1.82) is 0 Å². The standard InChI is InChI=1S/C15H24O3Si2/c1-19(2,3)17-14(13-10-8-7-9-11-13)12-15(16)18-20(4,5)6/h7-12H,1-6H3/b14-12-. The van der Waals surface area contributed by atoms with E-state index in [1.807, 2.05) is 50.0 Å². The average Bonchev–Trinajstić information content (AvgIpc) is 2.25. The van der Waals surface area contributed by atoms with Gasteiger partial charge in [-0.15, -0.1) is 0 Å². The molecule has 20 heavy (non-hydrogen) atoms. The Balaban J connectivity index is 3.02. The van der Waals surface area contributed by atoms with E-state index in [1.54, 1.807) is 0 Å². The van der Waals surface area contributed by atoms with Gasteiger partial charge in [0.05, 0.1) is 6.08 Å². The number of benzene rings is 1. The monoisotopic (exact) mass is 308 g/mol. The third-order valence-electron chi connectivity index (χ3n) is 2.13. The molecule has 0 aromatic heterocycles. The normalized spacial score (nSPS) is 13.0. The summed E-state index contributed by atoms with van der Waals surface area (Å²) in [5.74, 6) is 0.286. The Hall–Kier alpha value is -1.34. The van der Waals surface area contributed by atoms with Gasteiger partial charge in [0.25, 0.3) is 0 Å². The Bertz CT molecular complexity index is 482. The van der Waals surface area contributed by atoms with E-state index in [1.165, 1.54) is 6.08 Å². The fourth-order valence-corrected chi connectivity index (χ4v) is 3.04. The van der Waals surface area contributed by atoms with Crippen LogP contribution in [-0.2, 0) is 13.6 Å². The van der Waals surface area contributed by atoms with Crippen LogP contribution in [0.4, 0.5) is 0 Å². The lowest BCUT2D eigenvalue weighted by atomic mass is 10.2. The first-order chi connectivity index (χ1) is 9.07. The summed E-state index contributed by atoms with van der Waals surface area (Å²) >= 11 is 0. The molecule has 0 saturated carbocycles. The smallest absolute Gasteiger partial charge is 0.321 e. The zero-order valence-corrected chi connectivity index (χ0v) is 15.2. The summed E-state index contributed by atoms with van der Waals surface area (Å²) in [6, 6.07) is 9.68. The van der Waals surface area contributed by atoms with Crippen molar-refractivity contribution in [3.63, 3.8) is 0 Å². The predicted octanol–water partition coefficient (Wildman–Crippen LogP) is 4.26. The molecule has 0 saturated heterocycles. The van der Waals surface area contributed by atoms with Gasteiger partial charge in [-0.2, -0.15) is 0 Å². The van der Waals surface area contributed by atoms with E-state index in [4.69, 9.17) is 8.85 Å². The Kier molecular flexibility index (Phi) is 5.36. The number of carbonyl (C=O) groups excluding carboxylic acids is 1. The zero-order valence-electron chi connectivity index (χ0n) is 13.2. The molecule has 0 N–H and O–H groups in total. The maximum atomic E-state index is 12.0. The molecule has 5 heteroatoms. The van der Waals surface area contributed by atoms with Crippen molar-refractivity contribution in [2.75, 3.05) is 0 Å². The molecule has 110 valence electrons. The van der Waals surface area contributed by atoms with Crippen LogP contribution < -0.4 is 0 Å². The minimum absolute atomic E-state index is 0.318. The highest BCUT2D eigenvalue weighted by molar-refractivity contribution is 6.71. The molecule has 0 atom stereocenters. The first-order valence-electron chi connectivity index (χ1n) is 6.76. The van der Waals surface area contributed by atoms with Gasteiger partial charge >= 0.3 is 5.97 Å². The van der Waals surface area contributed by atoms with Crippen molar-refractivity contribution < 1.29 is 13.6 Å².